The van der Waals surface area contributed by atoms with Gasteiger partial charge >= 0.3 is 6.18 Å². The molecular weight excluding hydrogens is 321 g/mol. The number of nitrogens with zero attached hydrogens (tertiary/aromatic N) is 3. The maximum absolute atomic E-state index is 13.5. The zero-order valence-electron chi connectivity index (χ0n) is 12.8. The largest absolute Gasteiger partial charge is 0.393 e. The normalized spacial score (nSPS) is 24.5. The number of pyridine rings is 1. The Hall–Kier alpha value is -2.38. The Kier molecular flexibility index (Phi) is 4.55. The number of carbonyl (C=O) groups is 1. The highest BCUT2D eigenvalue weighted by Crippen LogP contribution is 2.44. The highest BCUT2D eigenvalue weighted by molar-refractivity contribution is 5.94. The molecule has 3 atom stereocenters. The summed E-state index contributed by atoms with van der Waals surface area (Å²) in [4.78, 5) is 20.0. The molecule has 3 rings (SSSR count). The molecule has 1 saturated carbocycles. The lowest BCUT2D eigenvalue weighted by Gasteiger charge is -2.40. The molecule has 2 aromatic heterocycles. The Morgan fingerprint density at radius 1 is 1.17 bits per heavy atom. The van der Waals surface area contributed by atoms with E-state index in [4.69, 9.17) is 0 Å². The number of amides is 1. The minimum absolute atomic E-state index is 0.0496. The molecule has 0 saturated heterocycles. The fourth-order valence-electron chi connectivity index (χ4n) is 3.31. The molecule has 8 heteroatoms. The smallest absolute Gasteiger partial charge is 0.347 e. The summed E-state index contributed by atoms with van der Waals surface area (Å²) < 4.78 is 41.8. The van der Waals surface area contributed by atoms with Crippen LogP contribution in [-0.2, 0) is 0 Å². The second-order valence-electron chi connectivity index (χ2n) is 5.90. The molecule has 1 aliphatic carbocycles. The first kappa shape index (κ1) is 16.5. The molecule has 1 amide bonds. The third kappa shape index (κ3) is 3.42. The number of halogens is 3. The monoisotopic (exact) mass is 338 g/mol. The van der Waals surface area contributed by atoms with E-state index in [2.05, 4.69) is 15.3 Å². The van der Waals surface area contributed by atoms with Gasteiger partial charge in [-0.15, -0.1) is 0 Å². The fraction of sp³-hybridized carbons (Fsp3) is 0.438. The number of alkyl halides is 3. The van der Waals surface area contributed by atoms with Gasteiger partial charge in [-0.2, -0.15) is 13.2 Å². The van der Waals surface area contributed by atoms with E-state index in [1.807, 2.05) is 0 Å². The number of imidazole rings is 1. The zero-order chi connectivity index (χ0) is 17.2. The molecule has 2 aromatic rings. The molecule has 1 N–H and O–H groups in total. The summed E-state index contributed by atoms with van der Waals surface area (Å²) in [6.07, 6.45) is 3.92. The van der Waals surface area contributed by atoms with Crippen LogP contribution in [0.4, 0.5) is 13.2 Å². The number of carbonyl (C=O) groups excluding carboxylic acids is 1. The second kappa shape index (κ2) is 6.62. The molecule has 0 radical (unpaired) electrons. The van der Waals surface area contributed by atoms with E-state index in [1.54, 1.807) is 0 Å². The van der Waals surface area contributed by atoms with Crippen molar-refractivity contribution in [3.8, 4) is 0 Å². The van der Waals surface area contributed by atoms with Gasteiger partial charge in [0.05, 0.1) is 24.3 Å². The minimum atomic E-state index is -4.32. The van der Waals surface area contributed by atoms with E-state index in [1.165, 1.54) is 47.8 Å². The van der Waals surface area contributed by atoms with Crippen molar-refractivity contribution < 1.29 is 18.0 Å². The number of aromatic nitrogens is 3. The van der Waals surface area contributed by atoms with E-state index in [0.717, 1.165) is 0 Å². The van der Waals surface area contributed by atoms with Gasteiger partial charge in [-0.25, -0.2) is 4.98 Å². The van der Waals surface area contributed by atoms with E-state index in [0.29, 0.717) is 18.4 Å². The van der Waals surface area contributed by atoms with Gasteiger partial charge in [-0.05, 0) is 25.0 Å². The minimum Gasteiger partial charge on any atom is -0.347 e. The summed E-state index contributed by atoms with van der Waals surface area (Å²) in [6.45, 7) is 0. The molecule has 5 nitrogen and oxygen atoms in total. The van der Waals surface area contributed by atoms with E-state index >= 15 is 0 Å². The van der Waals surface area contributed by atoms with Crippen molar-refractivity contribution in [2.45, 2.75) is 37.5 Å². The maximum atomic E-state index is 13.5. The average molecular weight is 338 g/mol. The average Bonchev–Trinajstić information content (AvgIpc) is 3.09. The van der Waals surface area contributed by atoms with Crippen LogP contribution in [0.2, 0.25) is 0 Å². The Labute approximate surface area is 136 Å². The third-order valence-electron chi connectivity index (χ3n) is 4.40. The van der Waals surface area contributed by atoms with Crippen LogP contribution in [-0.4, -0.2) is 32.7 Å². The number of hydrogen-bond acceptors (Lipinski definition) is 3. The van der Waals surface area contributed by atoms with Gasteiger partial charge < -0.3 is 9.88 Å². The topological polar surface area (TPSA) is 59.8 Å². The maximum Gasteiger partial charge on any atom is 0.393 e. The van der Waals surface area contributed by atoms with E-state index in [9.17, 15) is 18.0 Å². The van der Waals surface area contributed by atoms with Crippen LogP contribution < -0.4 is 5.32 Å². The third-order valence-corrected chi connectivity index (χ3v) is 4.40. The lowest BCUT2D eigenvalue weighted by atomic mass is 9.80. The van der Waals surface area contributed by atoms with Gasteiger partial charge in [0.1, 0.15) is 0 Å². The predicted octanol–water partition coefficient (Wildman–Crippen LogP) is 2.98. The molecule has 1 aliphatic rings. The molecule has 0 bridgehead atoms. The summed E-state index contributed by atoms with van der Waals surface area (Å²) in [6, 6.07) is 1.56. The molecule has 0 spiro atoms. The van der Waals surface area contributed by atoms with Crippen LogP contribution in [0.15, 0.2) is 43.2 Å². The molecule has 0 aliphatic heterocycles. The predicted molar refractivity (Wildman–Crippen MR) is 80.2 cm³/mol. The van der Waals surface area contributed by atoms with Gasteiger partial charge in [0.15, 0.2) is 0 Å². The lowest BCUT2D eigenvalue weighted by Crippen LogP contribution is -2.49. The van der Waals surface area contributed by atoms with Crippen LogP contribution in [0.3, 0.4) is 0 Å². The van der Waals surface area contributed by atoms with Gasteiger partial charge in [0, 0.05) is 30.4 Å². The first-order valence-corrected chi connectivity index (χ1v) is 7.72. The van der Waals surface area contributed by atoms with E-state index < -0.39 is 30.1 Å². The molecular formula is C16H17F3N4O. The van der Waals surface area contributed by atoms with Gasteiger partial charge in [0.2, 0.25) is 0 Å². The van der Waals surface area contributed by atoms with Crippen molar-refractivity contribution in [2.75, 3.05) is 0 Å². The summed E-state index contributed by atoms with van der Waals surface area (Å²) in [7, 11) is 0. The van der Waals surface area contributed by atoms with Gasteiger partial charge in [0.25, 0.3) is 5.91 Å². The molecule has 128 valence electrons. The van der Waals surface area contributed by atoms with E-state index in [-0.39, 0.29) is 6.42 Å². The first-order valence-electron chi connectivity index (χ1n) is 7.72. The standard InChI is InChI=1S/C16H17F3N4O/c17-16(18,19)12-2-1-3-13(14(12)23-9-8-21-10-23)22-15(24)11-4-6-20-7-5-11/h4-10,12-14H,1-3H2,(H,22,24). The Morgan fingerprint density at radius 2 is 1.92 bits per heavy atom. The van der Waals surface area contributed by atoms with Crippen molar-refractivity contribution in [2.24, 2.45) is 5.92 Å². The zero-order valence-corrected chi connectivity index (χ0v) is 12.8. The number of hydrogen-bond donors (Lipinski definition) is 1. The lowest BCUT2D eigenvalue weighted by molar-refractivity contribution is -0.196. The summed E-state index contributed by atoms with van der Waals surface area (Å²) in [5.74, 6) is -1.90. The fourth-order valence-corrected chi connectivity index (χ4v) is 3.31. The summed E-state index contributed by atoms with van der Waals surface area (Å²) >= 11 is 0. The molecule has 0 aromatic carbocycles. The Morgan fingerprint density at radius 3 is 2.54 bits per heavy atom. The molecule has 24 heavy (non-hydrogen) atoms. The summed E-state index contributed by atoms with van der Waals surface area (Å²) in [5, 5.41) is 2.76. The van der Waals surface area contributed by atoms with Crippen LogP contribution >= 0.6 is 0 Å². The van der Waals surface area contributed by atoms with Gasteiger partial charge in [-0.3, -0.25) is 9.78 Å². The number of nitrogens with one attached hydrogen (secondary N) is 1. The van der Waals surface area contributed by atoms with Crippen molar-refractivity contribution in [3.05, 3.63) is 48.8 Å². The highest BCUT2D eigenvalue weighted by Gasteiger charge is 2.49. The van der Waals surface area contributed by atoms with Crippen molar-refractivity contribution in [3.63, 3.8) is 0 Å². The van der Waals surface area contributed by atoms with Crippen molar-refractivity contribution >= 4 is 5.91 Å². The SMILES string of the molecule is O=C(NC1CCCC(C(F)(F)F)C1n1ccnc1)c1ccncc1. The molecule has 1 fully saturated rings. The number of rotatable bonds is 3. The summed E-state index contributed by atoms with van der Waals surface area (Å²) in [5.41, 5.74) is 0.378. The van der Waals surface area contributed by atoms with Crippen LogP contribution in [0, 0.1) is 5.92 Å². The first-order chi connectivity index (χ1) is 11.5. The van der Waals surface area contributed by atoms with Crippen LogP contribution in [0.5, 0.6) is 0 Å². The van der Waals surface area contributed by atoms with Crippen LogP contribution in [0.25, 0.3) is 0 Å². The van der Waals surface area contributed by atoms with Crippen LogP contribution in [0.1, 0.15) is 35.7 Å². The quantitative estimate of drug-likeness (QED) is 0.936. The Bertz CT molecular complexity index is 672. The van der Waals surface area contributed by atoms with Crippen molar-refractivity contribution in [1.82, 2.24) is 19.9 Å². The Balaban J connectivity index is 1.86. The van der Waals surface area contributed by atoms with Gasteiger partial charge in [-0.1, -0.05) is 6.42 Å². The molecule has 2 heterocycles. The molecule has 3 unspecified atom stereocenters. The van der Waals surface area contributed by atoms with Crippen molar-refractivity contribution in [1.29, 1.82) is 0 Å². The highest BCUT2D eigenvalue weighted by atomic mass is 19.4. The second-order valence-corrected chi connectivity index (χ2v) is 5.90.